The lowest BCUT2D eigenvalue weighted by molar-refractivity contribution is 0.317. The van der Waals surface area contributed by atoms with Gasteiger partial charge in [0.25, 0.3) is 0 Å². The van der Waals surface area contributed by atoms with Gasteiger partial charge in [0, 0.05) is 31.4 Å². The van der Waals surface area contributed by atoms with Crippen LogP contribution < -0.4 is 10.5 Å². The van der Waals surface area contributed by atoms with Gasteiger partial charge >= 0.3 is 0 Å². The smallest absolute Gasteiger partial charge is 0.119 e. The highest BCUT2D eigenvalue weighted by atomic mass is 16.5. The summed E-state index contributed by atoms with van der Waals surface area (Å²) in [6.07, 6.45) is 6.71. The van der Waals surface area contributed by atoms with Crippen LogP contribution in [0.3, 0.4) is 0 Å². The van der Waals surface area contributed by atoms with E-state index in [0.717, 1.165) is 49.6 Å². The third kappa shape index (κ3) is 4.33. The van der Waals surface area contributed by atoms with E-state index >= 15 is 0 Å². The van der Waals surface area contributed by atoms with Crippen molar-refractivity contribution in [1.82, 2.24) is 9.55 Å². The first-order valence-corrected chi connectivity index (χ1v) is 7.73. The van der Waals surface area contributed by atoms with E-state index in [-0.39, 0.29) is 6.04 Å². The van der Waals surface area contributed by atoms with E-state index in [4.69, 9.17) is 10.5 Å². The molecule has 0 fully saturated rings. The van der Waals surface area contributed by atoms with E-state index in [1.54, 1.807) is 0 Å². The topological polar surface area (TPSA) is 53.1 Å². The van der Waals surface area contributed by atoms with Crippen molar-refractivity contribution in [3.05, 3.63) is 48.0 Å². The Hall–Kier alpha value is -1.81. The number of imidazole rings is 1. The van der Waals surface area contributed by atoms with Crippen LogP contribution in [0.25, 0.3) is 0 Å². The number of aryl methyl sites for hydroxylation is 1. The summed E-state index contributed by atoms with van der Waals surface area (Å²) in [5, 5.41) is 0. The SMILES string of the molecule is CCCOc1cccc(C(N)Cc2nccn2CCC)c1. The normalized spacial score (nSPS) is 12.3. The zero-order chi connectivity index (χ0) is 15.1. The molecule has 0 aliphatic heterocycles. The van der Waals surface area contributed by atoms with Crippen molar-refractivity contribution >= 4 is 0 Å². The Kier molecular flexibility index (Phi) is 5.81. The Bertz CT molecular complexity index is 550. The maximum atomic E-state index is 6.34. The van der Waals surface area contributed by atoms with Crippen molar-refractivity contribution in [2.24, 2.45) is 5.73 Å². The maximum Gasteiger partial charge on any atom is 0.119 e. The summed E-state index contributed by atoms with van der Waals surface area (Å²) in [6, 6.07) is 8.00. The molecule has 2 N–H and O–H groups in total. The predicted molar refractivity (Wildman–Crippen MR) is 85.4 cm³/mol. The molecule has 0 radical (unpaired) electrons. The summed E-state index contributed by atoms with van der Waals surface area (Å²) in [7, 11) is 0. The van der Waals surface area contributed by atoms with Crippen molar-refractivity contribution < 1.29 is 4.74 Å². The molecular formula is C17H25N3O. The second-order valence-electron chi connectivity index (χ2n) is 5.27. The summed E-state index contributed by atoms with van der Waals surface area (Å²) in [5.74, 6) is 1.94. The lowest BCUT2D eigenvalue weighted by Gasteiger charge is -2.14. The number of hydrogen-bond acceptors (Lipinski definition) is 3. The minimum absolute atomic E-state index is 0.0619. The van der Waals surface area contributed by atoms with E-state index in [9.17, 15) is 0 Å². The van der Waals surface area contributed by atoms with Gasteiger partial charge < -0.3 is 15.0 Å². The molecule has 0 aliphatic carbocycles. The molecule has 1 heterocycles. The van der Waals surface area contributed by atoms with E-state index < -0.39 is 0 Å². The molecule has 0 amide bonds. The minimum atomic E-state index is -0.0619. The number of hydrogen-bond donors (Lipinski definition) is 1. The number of ether oxygens (including phenoxy) is 1. The summed E-state index contributed by atoms with van der Waals surface area (Å²) in [5.41, 5.74) is 7.43. The van der Waals surface area contributed by atoms with Crippen LogP contribution in [-0.2, 0) is 13.0 Å². The molecule has 0 saturated carbocycles. The first-order valence-electron chi connectivity index (χ1n) is 7.73. The van der Waals surface area contributed by atoms with Crippen LogP contribution in [0.5, 0.6) is 5.75 Å². The molecule has 2 rings (SSSR count). The zero-order valence-corrected chi connectivity index (χ0v) is 13.0. The van der Waals surface area contributed by atoms with Crippen LogP contribution in [0, 0.1) is 0 Å². The fourth-order valence-electron chi connectivity index (χ4n) is 2.34. The zero-order valence-electron chi connectivity index (χ0n) is 13.0. The first-order chi connectivity index (χ1) is 10.2. The van der Waals surface area contributed by atoms with Gasteiger partial charge in [-0.2, -0.15) is 0 Å². The number of rotatable bonds is 8. The average molecular weight is 287 g/mol. The number of aromatic nitrogens is 2. The van der Waals surface area contributed by atoms with Crippen molar-refractivity contribution in [1.29, 1.82) is 0 Å². The molecule has 2 aromatic rings. The molecule has 0 saturated heterocycles. The maximum absolute atomic E-state index is 6.34. The van der Waals surface area contributed by atoms with Crippen molar-refractivity contribution in [3.63, 3.8) is 0 Å². The largest absolute Gasteiger partial charge is 0.494 e. The Balaban J connectivity index is 2.05. The molecule has 0 spiro atoms. The summed E-state index contributed by atoms with van der Waals surface area (Å²) < 4.78 is 7.84. The molecule has 4 heteroatoms. The van der Waals surface area contributed by atoms with Gasteiger partial charge in [0.2, 0.25) is 0 Å². The molecule has 1 atom stereocenters. The van der Waals surface area contributed by atoms with Gasteiger partial charge in [0.15, 0.2) is 0 Å². The highest BCUT2D eigenvalue weighted by Crippen LogP contribution is 2.20. The second-order valence-corrected chi connectivity index (χ2v) is 5.27. The first kappa shape index (κ1) is 15.6. The van der Waals surface area contributed by atoms with Gasteiger partial charge in [0.1, 0.15) is 11.6 Å². The predicted octanol–water partition coefficient (Wildman–Crippen LogP) is 3.32. The van der Waals surface area contributed by atoms with Gasteiger partial charge in [-0.15, -0.1) is 0 Å². The molecular weight excluding hydrogens is 262 g/mol. The molecule has 114 valence electrons. The standard InChI is InChI=1S/C17H25N3O/c1-3-9-20-10-8-19-17(20)13-16(18)14-6-5-7-15(12-14)21-11-4-2/h5-8,10,12,16H,3-4,9,11,13,18H2,1-2H3. The van der Waals surface area contributed by atoms with E-state index in [2.05, 4.69) is 29.5 Å². The molecule has 0 aliphatic rings. The molecule has 21 heavy (non-hydrogen) atoms. The van der Waals surface area contributed by atoms with Crippen LogP contribution >= 0.6 is 0 Å². The van der Waals surface area contributed by atoms with Gasteiger partial charge in [0.05, 0.1) is 6.61 Å². The summed E-state index contributed by atoms with van der Waals surface area (Å²) >= 11 is 0. The quantitative estimate of drug-likeness (QED) is 0.810. The Morgan fingerprint density at radius 3 is 2.90 bits per heavy atom. The fraction of sp³-hybridized carbons (Fsp3) is 0.471. The Morgan fingerprint density at radius 1 is 1.29 bits per heavy atom. The van der Waals surface area contributed by atoms with E-state index in [1.165, 1.54) is 0 Å². The number of nitrogens with zero attached hydrogens (tertiary/aromatic N) is 2. The number of benzene rings is 1. The molecule has 4 nitrogen and oxygen atoms in total. The number of nitrogens with two attached hydrogens (primary N) is 1. The van der Waals surface area contributed by atoms with Crippen LogP contribution in [0.1, 0.15) is 44.1 Å². The second kappa shape index (κ2) is 7.84. The monoisotopic (exact) mass is 287 g/mol. The van der Waals surface area contributed by atoms with Crippen LogP contribution in [0.4, 0.5) is 0 Å². The van der Waals surface area contributed by atoms with Crippen molar-refractivity contribution in [3.8, 4) is 5.75 Å². The van der Waals surface area contributed by atoms with Gasteiger partial charge in [-0.05, 0) is 30.5 Å². The van der Waals surface area contributed by atoms with Crippen LogP contribution in [-0.4, -0.2) is 16.2 Å². The Labute approximate surface area is 127 Å². The van der Waals surface area contributed by atoms with Crippen LogP contribution in [0.2, 0.25) is 0 Å². The summed E-state index contributed by atoms with van der Waals surface area (Å²) in [4.78, 5) is 4.42. The highest BCUT2D eigenvalue weighted by Gasteiger charge is 2.11. The lowest BCUT2D eigenvalue weighted by Crippen LogP contribution is -2.16. The van der Waals surface area contributed by atoms with E-state index in [0.29, 0.717) is 0 Å². The van der Waals surface area contributed by atoms with Crippen molar-refractivity contribution in [2.75, 3.05) is 6.61 Å². The third-order valence-electron chi connectivity index (χ3n) is 3.43. The molecule has 1 aromatic carbocycles. The molecule has 1 aromatic heterocycles. The fourth-order valence-corrected chi connectivity index (χ4v) is 2.34. The van der Waals surface area contributed by atoms with Gasteiger partial charge in [-0.1, -0.05) is 26.0 Å². The van der Waals surface area contributed by atoms with Crippen molar-refractivity contribution in [2.45, 2.75) is 45.7 Å². The Morgan fingerprint density at radius 2 is 2.14 bits per heavy atom. The molecule has 0 bridgehead atoms. The average Bonchev–Trinajstić information content (AvgIpc) is 2.93. The third-order valence-corrected chi connectivity index (χ3v) is 3.43. The van der Waals surface area contributed by atoms with Crippen LogP contribution in [0.15, 0.2) is 36.7 Å². The lowest BCUT2D eigenvalue weighted by atomic mass is 10.0. The highest BCUT2D eigenvalue weighted by molar-refractivity contribution is 5.31. The molecule has 1 unspecified atom stereocenters. The van der Waals surface area contributed by atoms with Gasteiger partial charge in [-0.25, -0.2) is 4.98 Å². The summed E-state index contributed by atoms with van der Waals surface area (Å²) in [6.45, 7) is 5.99. The minimum Gasteiger partial charge on any atom is -0.494 e. The van der Waals surface area contributed by atoms with Gasteiger partial charge in [-0.3, -0.25) is 0 Å². The van der Waals surface area contributed by atoms with E-state index in [1.807, 2.05) is 30.6 Å².